The van der Waals surface area contributed by atoms with Gasteiger partial charge in [0.25, 0.3) is 6.43 Å². The van der Waals surface area contributed by atoms with Crippen LogP contribution in [-0.4, -0.2) is 25.2 Å². The standard InChI is InChI=1S/C11H13F2NO3/c1-6-7(5-9(15)16-2)4-8(10(12)13)14-11(6)17-3/h4,10H,5H2,1-3H3. The molecule has 0 radical (unpaired) electrons. The number of methoxy groups -OCH3 is 2. The van der Waals surface area contributed by atoms with Crippen molar-refractivity contribution in [1.29, 1.82) is 0 Å². The van der Waals surface area contributed by atoms with E-state index in [1.807, 2.05) is 0 Å². The van der Waals surface area contributed by atoms with Crippen molar-refractivity contribution in [3.8, 4) is 5.88 Å². The molecule has 0 saturated carbocycles. The average molecular weight is 245 g/mol. The minimum Gasteiger partial charge on any atom is -0.481 e. The Kier molecular flexibility index (Phi) is 4.37. The highest BCUT2D eigenvalue weighted by Crippen LogP contribution is 2.26. The van der Waals surface area contributed by atoms with Crippen LogP contribution >= 0.6 is 0 Å². The van der Waals surface area contributed by atoms with Gasteiger partial charge in [0.1, 0.15) is 5.69 Å². The maximum absolute atomic E-state index is 12.6. The van der Waals surface area contributed by atoms with Crippen LogP contribution in [0.1, 0.15) is 23.2 Å². The van der Waals surface area contributed by atoms with E-state index in [1.54, 1.807) is 6.92 Å². The molecule has 0 aromatic carbocycles. The Hall–Kier alpha value is -1.72. The van der Waals surface area contributed by atoms with Crippen molar-refractivity contribution in [2.75, 3.05) is 14.2 Å². The molecular formula is C11H13F2NO3. The Morgan fingerprint density at radius 3 is 2.59 bits per heavy atom. The van der Waals surface area contributed by atoms with Crippen LogP contribution < -0.4 is 4.74 Å². The van der Waals surface area contributed by atoms with Crippen molar-refractivity contribution in [3.05, 3.63) is 22.9 Å². The molecule has 0 bridgehead atoms. The highest BCUT2D eigenvalue weighted by atomic mass is 19.3. The first-order valence-corrected chi connectivity index (χ1v) is 4.89. The maximum atomic E-state index is 12.6. The zero-order valence-corrected chi connectivity index (χ0v) is 9.79. The van der Waals surface area contributed by atoms with Gasteiger partial charge in [-0.05, 0) is 18.6 Å². The lowest BCUT2D eigenvalue weighted by molar-refractivity contribution is -0.139. The first-order chi connectivity index (χ1) is 7.99. The lowest BCUT2D eigenvalue weighted by Gasteiger charge is -2.11. The van der Waals surface area contributed by atoms with Crippen LogP contribution in [0, 0.1) is 6.92 Å². The third-order valence-corrected chi connectivity index (χ3v) is 2.33. The highest BCUT2D eigenvalue weighted by Gasteiger charge is 2.17. The molecule has 0 unspecified atom stereocenters. The number of esters is 1. The third-order valence-electron chi connectivity index (χ3n) is 2.33. The molecule has 94 valence electrons. The number of nitrogens with zero attached hydrogens (tertiary/aromatic N) is 1. The van der Waals surface area contributed by atoms with E-state index in [0.717, 1.165) is 0 Å². The first kappa shape index (κ1) is 13.3. The predicted octanol–water partition coefficient (Wildman–Crippen LogP) is 2.05. The van der Waals surface area contributed by atoms with Crippen molar-refractivity contribution in [2.24, 2.45) is 0 Å². The largest absolute Gasteiger partial charge is 0.481 e. The van der Waals surface area contributed by atoms with Crippen LogP contribution in [-0.2, 0) is 16.0 Å². The molecule has 0 aliphatic rings. The van der Waals surface area contributed by atoms with Gasteiger partial charge in [-0.2, -0.15) is 0 Å². The van der Waals surface area contributed by atoms with Gasteiger partial charge in [-0.3, -0.25) is 4.79 Å². The zero-order chi connectivity index (χ0) is 13.0. The Morgan fingerprint density at radius 2 is 2.12 bits per heavy atom. The van der Waals surface area contributed by atoms with Crippen LogP contribution in [0.5, 0.6) is 5.88 Å². The number of carbonyl (C=O) groups excluding carboxylic acids is 1. The van der Waals surface area contributed by atoms with Gasteiger partial charge in [-0.15, -0.1) is 0 Å². The fourth-order valence-corrected chi connectivity index (χ4v) is 1.38. The Labute approximate surface area is 97.6 Å². The van der Waals surface area contributed by atoms with Crippen molar-refractivity contribution >= 4 is 5.97 Å². The normalized spacial score (nSPS) is 10.5. The molecule has 0 N–H and O–H groups in total. The van der Waals surface area contributed by atoms with E-state index in [4.69, 9.17) is 4.74 Å². The molecule has 0 atom stereocenters. The molecule has 0 spiro atoms. The van der Waals surface area contributed by atoms with Crippen molar-refractivity contribution < 1.29 is 23.0 Å². The molecule has 1 aromatic heterocycles. The molecule has 0 aliphatic heterocycles. The molecule has 0 fully saturated rings. The van der Waals surface area contributed by atoms with Crippen LogP contribution in [0.2, 0.25) is 0 Å². The number of aromatic nitrogens is 1. The minimum atomic E-state index is -2.71. The Balaban J connectivity index is 3.17. The van der Waals surface area contributed by atoms with E-state index in [-0.39, 0.29) is 12.3 Å². The second-order valence-electron chi connectivity index (χ2n) is 3.39. The van der Waals surface area contributed by atoms with Crippen LogP contribution in [0.3, 0.4) is 0 Å². The van der Waals surface area contributed by atoms with E-state index in [2.05, 4.69) is 9.72 Å². The Bertz CT molecular complexity index is 421. The molecule has 6 heteroatoms. The van der Waals surface area contributed by atoms with Crippen LogP contribution in [0.4, 0.5) is 8.78 Å². The summed E-state index contributed by atoms with van der Waals surface area (Å²) in [5.41, 5.74) is 0.577. The lowest BCUT2D eigenvalue weighted by Crippen LogP contribution is -2.08. The molecule has 1 heterocycles. The van der Waals surface area contributed by atoms with Crippen LogP contribution in [0.25, 0.3) is 0 Å². The molecule has 1 aromatic rings. The van der Waals surface area contributed by atoms with Crippen molar-refractivity contribution in [1.82, 2.24) is 4.98 Å². The van der Waals surface area contributed by atoms with Gasteiger partial charge in [0.15, 0.2) is 0 Å². The zero-order valence-electron chi connectivity index (χ0n) is 9.79. The number of carbonyl (C=O) groups is 1. The SMILES string of the molecule is COC(=O)Cc1cc(C(F)F)nc(OC)c1C. The second kappa shape index (κ2) is 5.56. The van der Waals surface area contributed by atoms with Gasteiger partial charge in [0, 0.05) is 5.56 Å². The van der Waals surface area contributed by atoms with Crippen molar-refractivity contribution in [3.63, 3.8) is 0 Å². The van der Waals surface area contributed by atoms with Gasteiger partial charge in [0.05, 0.1) is 20.6 Å². The summed E-state index contributed by atoms with van der Waals surface area (Å²) in [7, 11) is 2.58. The monoisotopic (exact) mass is 245 g/mol. The highest BCUT2D eigenvalue weighted by molar-refractivity contribution is 5.73. The predicted molar refractivity (Wildman–Crippen MR) is 56.2 cm³/mol. The maximum Gasteiger partial charge on any atom is 0.309 e. The summed E-state index contributed by atoms with van der Waals surface area (Å²) < 4.78 is 34.6. The summed E-state index contributed by atoms with van der Waals surface area (Å²) in [6.45, 7) is 1.65. The van der Waals surface area contributed by atoms with Gasteiger partial charge in [0.2, 0.25) is 5.88 Å². The third kappa shape index (κ3) is 3.12. The molecule has 0 amide bonds. The summed E-state index contributed by atoms with van der Waals surface area (Å²) >= 11 is 0. The lowest BCUT2D eigenvalue weighted by atomic mass is 10.1. The van der Waals surface area contributed by atoms with Crippen LogP contribution in [0.15, 0.2) is 6.07 Å². The number of rotatable bonds is 4. The van der Waals surface area contributed by atoms with E-state index in [0.29, 0.717) is 11.1 Å². The summed E-state index contributed by atoms with van der Waals surface area (Å²) in [5.74, 6) is -0.400. The molecule has 0 saturated heterocycles. The topological polar surface area (TPSA) is 48.4 Å². The minimum absolute atomic E-state index is 0.0824. The molecule has 0 aliphatic carbocycles. The number of hydrogen-bond donors (Lipinski definition) is 0. The van der Waals surface area contributed by atoms with E-state index in [1.165, 1.54) is 20.3 Å². The first-order valence-electron chi connectivity index (χ1n) is 4.89. The fraction of sp³-hybridized carbons (Fsp3) is 0.455. The summed E-state index contributed by atoms with van der Waals surface area (Å²) in [6, 6.07) is 1.19. The fourth-order valence-electron chi connectivity index (χ4n) is 1.38. The quantitative estimate of drug-likeness (QED) is 0.762. The van der Waals surface area contributed by atoms with Gasteiger partial charge >= 0.3 is 5.97 Å². The van der Waals surface area contributed by atoms with Gasteiger partial charge in [-0.25, -0.2) is 13.8 Å². The smallest absolute Gasteiger partial charge is 0.309 e. The molecule has 17 heavy (non-hydrogen) atoms. The number of pyridine rings is 1. The number of hydrogen-bond acceptors (Lipinski definition) is 4. The summed E-state index contributed by atoms with van der Waals surface area (Å²) in [4.78, 5) is 14.8. The number of halogens is 2. The average Bonchev–Trinajstić information content (AvgIpc) is 2.31. The summed E-state index contributed by atoms with van der Waals surface area (Å²) in [6.07, 6.45) is -2.79. The van der Waals surface area contributed by atoms with Gasteiger partial charge in [-0.1, -0.05) is 0 Å². The molecular weight excluding hydrogens is 232 g/mol. The summed E-state index contributed by atoms with van der Waals surface area (Å²) in [5, 5.41) is 0. The van der Waals surface area contributed by atoms with Gasteiger partial charge < -0.3 is 9.47 Å². The second-order valence-corrected chi connectivity index (χ2v) is 3.39. The number of ether oxygens (including phenoxy) is 2. The number of alkyl halides is 2. The van der Waals surface area contributed by atoms with E-state index in [9.17, 15) is 13.6 Å². The molecule has 4 nitrogen and oxygen atoms in total. The van der Waals surface area contributed by atoms with E-state index < -0.39 is 18.1 Å². The van der Waals surface area contributed by atoms with E-state index >= 15 is 0 Å². The van der Waals surface area contributed by atoms with Crippen molar-refractivity contribution in [2.45, 2.75) is 19.8 Å². The molecule has 1 rings (SSSR count). The Morgan fingerprint density at radius 1 is 1.47 bits per heavy atom.